The van der Waals surface area contributed by atoms with Gasteiger partial charge in [-0.25, -0.2) is 0 Å². The lowest BCUT2D eigenvalue weighted by atomic mass is 9.95. The van der Waals surface area contributed by atoms with E-state index in [1.165, 1.54) is 25.2 Å². The fraction of sp³-hybridized carbons (Fsp3) is 0.333. The molecule has 182 valence electrons. The van der Waals surface area contributed by atoms with E-state index in [1.807, 2.05) is 19.0 Å². The SMILES string of the molecule is COc1ccc(C2/C(=C(\O)c3cc(Cl)c(OC)c(Cl)c3OC)C(=O)C(=O)N2CCN(C)C)cc1. The van der Waals surface area contributed by atoms with Crippen LogP contribution < -0.4 is 14.2 Å². The van der Waals surface area contributed by atoms with Crippen molar-refractivity contribution in [2.45, 2.75) is 6.04 Å². The van der Waals surface area contributed by atoms with Crippen LogP contribution in [0.25, 0.3) is 5.76 Å². The van der Waals surface area contributed by atoms with Crippen molar-refractivity contribution in [1.82, 2.24) is 9.80 Å². The molecule has 0 aromatic heterocycles. The van der Waals surface area contributed by atoms with Gasteiger partial charge in [0.2, 0.25) is 0 Å². The van der Waals surface area contributed by atoms with Crippen molar-refractivity contribution in [3.05, 3.63) is 57.1 Å². The number of hydrogen-bond acceptors (Lipinski definition) is 7. The Kier molecular flexibility index (Phi) is 7.97. The van der Waals surface area contributed by atoms with Crippen molar-refractivity contribution in [3.8, 4) is 17.2 Å². The molecule has 0 spiro atoms. The number of likely N-dealkylation sites (tertiary alicyclic amines) is 1. The summed E-state index contributed by atoms with van der Waals surface area (Å²) in [6, 6.07) is 7.49. The number of benzene rings is 2. The predicted molar refractivity (Wildman–Crippen MR) is 130 cm³/mol. The monoisotopic (exact) mass is 508 g/mol. The molecule has 1 unspecified atom stereocenters. The van der Waals surface area contributed by atoms with Gasteiger partial charge in [0, 0.05) is 13.1 Å². The van der Waals surface area contributed by atoms with E-state index in [0.29, 0.717) is 17.9 Å². The summed E-state index contributed by atoms with van der Waals surface area (Å²) in [5.74, 6) is -1.14. The molecular formula is C24H26Cl2N2O6. The van der Waals surface area contributed by atoms with Crippen molar-refractivity contribution in [2.75, 3.05) is 48.5 Å². The summed E-state index contributed by atoms with van der Waals surface area (Å²) in [4.78, 5) is 29.6. The first kappa shape index (κ1) is 25.7. The Morgan fingerprint density at radius 1 is 1.03 bits per heavy atom. The number of carbonyl (C=O) groups is 2. The molecule has 0 radical (unpaired) electrons. The number of carbonyl (C=O) groups excluding carboxylic acids is 2. The van der Waals surface area contributed by atoms with Gasteiger partial charge in [0.05, 0.1) is 43.5 Å². The van der Waals surface area contributed by atoms with Crippen molar-refractivity contribution in [1.29, 1.82) is 0 Å². The number of aliphatic hydroxyl groups is 1. The third-order valence-corrected chi connectivity index (χ3v) is 6.18. The highest BCUT2D eigenvalue weighted by Crippen LogP contribution is 2.47. The van der Waals surface area contributed by atoms with Gasteiger partial charge < -0.3 is 29.1 Å². The van der Waals surface area contributed by atoms with Crippen LogP contribution in [0.5, 0.6) is 17.2 Å². The largest absolute Gasteiger partial charge is 0.507 e. The molecule has 34 heavy (non-hydrogen) atoms. The van der Waals surface area contributed by atoms with Crippen LogP contribution >= 0.6 is 23.2 Å². The van der Waals surface area contributed by atoms with Crippen LogP contribution in [0.1, 0.15) is 17.2 Å². The number of nitrogens with zero attached hydrogens (tertiary/aromatic N) is 2. The smallest absolute Gasteiger partial charge is 0.295 e. The maximum absolute atomic E-state index is 13.2. The molecular weight excluding hydrogens is 483 g/mol. The molecule has 10 heteroatoms. The molecule has 3 rings (SSSR count). The number of ether oxygens (including phenoxy) is 3. The van der Waals surface area contributed by atoms with Gasteiger partial charge >= 0.3 is 0 Å². The fourth-order valence-electron chi connectivity index (χ4n) is 3.84. The summed E-state index contributed by atoms with van der Waals surface area (Å²) < 4.78 is 15.8. The van der Waals surface area contributed by atoms with E-state index in [4.69, 9.17) is 37.4 Å². The Balaban J connectivity index is 2.25. The van der Waals surface area contributed by atoms with Gasteiger partial charge in [-0.2, -0.15) is 0 Å². The molecule has 0 saturated carbocycles. The first-order valence-corrected chi connectivity index (χ1v) is 11.1. The third kappa shape index (κ3) is 4.66. The minimum atomic E-state index is -0.838. The number of aliphatic hydroxyl groups excluding tert-OH is 1. The standard InChI is InChI=1S/C24H26Cl2N2O6/c1-27(2)10-11-28-19(13-6-8-14(32-3)9-7-13)17(21(30)24(28)31)20(29)15-12-16(25)23(34-5)18(26)22(15)33-4/h6-9,12,19,29H,10-11H2,1-5H3/b20-17+. The minimum Gasteiger partial charge on any atom is -0.507 e. The summed E-state index contributed by atoms with van der Waals surface area (Å²) >= 11 is 12.7. The number of halogens is 2. The van der Waals surface area contributed by atoms with Gasteiger partial charge in [0.1, 0.15) is 16.5 Å². The lowest BCUT2D eigenvalue weighted by molar-refractivity contribution is -0.140. The van der Waals surface area contributed by atoms with E-state index in [1.54, 1.807) is 31.4 Å². The number of ketones is 1. The number of methoxy groups -OCH3 is 3. The molecule has 2 aromatic carbocycles. The molecule has 1 saturated heterocycles. The molecule has 1 amide bonds. The van der Waals surface area contributed by atoms with E-state index in [2.05, 4.69) is 0 Å². The molecule has 1 fully saturated rings. The Bertz CT molecular complexity index is 1130. The van der Waals surface area contributed by atoms with Gasteiger partial charge in [-0.15, -0.1) is 0 Å². The van der Waals surface area contributed by atoms with Crippen LogP contribution in [0.3, 0.4) is 0 Å². The van der Waals surface area contributed by atoms with E-state index >= 15 is 0 Å². The first-order chi connectivity index (χ1) is 16.2. The summed E-state index contributed by atoms with van der Waals surface area (Å²) in [5.41, 5.74) is 0.608. The minimum absolute atomic E-state index is 0.0295. The first-order valence-electron chi connectivity index (χ1n) is 10.3. The molecule has 1 aliphatic rings. The molecule has 0 aliphatic carbocycles. The molecule has 2 aromatic rings. The van der Waals surface area contributed by atoms with E-state index in [0.717, 1.165) is 0 Å². The van der Waals surface area contributed by atoms with Crippen molar-refractivity contribution >= 4 is 40.7 Å². The Labute approximate surface area is 208 Å². The zero-order valence-electron chi connectivity index (χ0n) is 19.5. The number of hydrogen-bond donors (Lipinski definition) is 1. The molecule has 0 bridgehead atoms. The van der Waals surface area contributed by atoms with Crippen LogP contribution in [-0.4, -0.2) is 75.1 Å². The maximum Gasteiger partial charge on any atom is 0.295 e. The maximum atomic E-state index is 13.2. The van der Waals surface area contributed by atoms with Gasteiger partial charge in [0.15, 0.2) is 11.5 Å². The average molecular weight is 509 g/mol. The Morgan fingerprint density at radius 2 is 1.65 bits per heavy atom. The second kappa shape index (κ2) is 10.5. The van der Waals surface area contributed by atoms with Crippen LogP contribution in [0.2, 0.25) is 10.0 Å². The van der Waals surface area contributed by atoms with Crippen molar-refractivity contribution < 1.29 is 28.9 Å². The third-order valence-electron chi connectivity index (χ3n) is 5.55. The van der Waals surface area contributed by atoms with Crippen LogP contribution in [0.15, 0.2) is 35.9 Å². The highest BCUT2D eigenvalue weighted by Gasteiger charge is 2.46. The Hall–Kier alpha value is -2.94. The van der Waals surface area contributed by atoms with Crippen LogP contribution in [0, 0.1) is 0 Å². The van der Waals surface area contributed by atoms with Gasteiger partial charge in [0.25, 0.3) is 11.7 Å². The second-order valence-electron chi connectivity index (χ2n) is 7.86. The number of amides is 1. The van der Waals surface area contributed by atoms with E-state index < -0.39 is 23.5 Å². The normalized spacial score (nSPS) is 17.4. The highest BCUT2D eigenvalue weighted by atomic mass is 35.5. The fourth-order valence-corrected chi connectivity index (χ4v) is 4.53. The van der Waals surface area contributed by atoms with Crippen molar-refractivity contribution in [2.24, 2.45) is 0 Å². The van der Waals surface area contributed by atoms with Gasteiger partial charge in [-0.3, -0.25) is 9.59 Å². The zero-order valence-corrected chi connectivity index (χ0v) is 21.0. The van der Waals surface area contributed by atoms with Crippen LogP contribution in [0.4, 0.5) is 0 Å². The van der Waals surface area contributed by atoms with Gasteiger partial charge in [-0.1, -0.05) is 35.3 Å². The number of Topliss-reactive ketones (excluding diaryl/α,β-unsaturated/α-hetero) is 1. The lowest BCUT2D eigenvalue weighted by Crippen LogP contribution is -2.35. The molecule has 1 aliphatic heterocycles. The number of rotatable bonds is 8. The summed E-state index contributed by atoms with van der Waals surface area (Å²) in [6.45, 7) is 0.787. The molecule has 8 nitrogen and oxygen atoms in total. The summed E-state index contributed by atoms with van der Waals surface area (Å²) in [7, 11) is 8.03. The zero-order chi connectivity index (χ0) is 25.2. The second-order valence-corrected chi connectivity index (χ2v) is 8.64. The molecule has 1 heterocycles. The summed E-state index contributed by atoms with van der Waals surface area (Å²) in [6.07, 6.45) is 0. The van der Waals surface area contributed by atoms with E-state index in [9.17, 15) is 14.7 Å². The summed E-state index contributed by atoms with van der Waals surface area (Å²) in [5, 5.41) is 11.5. The number of likely N-dealkylation sites (N-methyl/N-ethyl adjacent to an activating group) is 1. The molecule has 1 N–H and O–H groups in total. The average Bonchev–Trinajstić information content (AvgIpc) is 3.07. The van der Waals surface area contributed by atoms with E-state index in [-0.39, 0.29) is 39.2 Å². The topological polar surface area (TPSA) is 88.5 Å². The quantitative estimate of drug-likeness (QED) is 0.327. The van der Waals surface area contributed by atoms with Gasteiger partial charge in [-0.05, 0) is 37.9 Å². The highest BCUT2D eigenvalue weighted by molar-refractivity contribution is 6.47. The lowest BCUT2D eigenvalue weighted by Gasteiger charge is -2.27. The predicted octanol–water partition coefficient (Wildman–Crippen LogP) is 4.00. The Morgan fingerprint density at radius 3 is 2.18 bits per heavy atom. The molecule has 1 atom stereocenters. The van der Waals surface area contributed by atoms with Crippen molar-refractivity contribution in [3.63, 3.8) is 0 Å². The van der Waals surface area contributed by atoms with Crippen LogP contribution in [-0.2, 0) is 9.59 Å².